The van der Waals surface area contributed by atoms with E-state index in [2.05, 4.69) is 15.9 Å². The summed E-state index contributed by atoms with van der Waals surface area (Å²) in [6.45, 7) is 5.07. The summed E-state index contributed by atoms with van der Waals surface area (Å²) >= 11 is 2.86. The van der Waals surface area contributed by atoms with Crippen molar-refractivity contribution in [3.8, 4) is 0 Å². The molecule has 0 saturated carbocycles. The van der Waals surface area contributed by atoms with Gasteiger partial charge in [-0.3, -0.25) is 4.79 Å². The van der Waals surface area contributed by atoms with Crippen LogP contribution in [0.25, 0.3) is 0 Å². The van der Waals surface area contributed by atoms with Gasteiger partial charge < -0.3 is 0 Å². The number of Topliss-reactive ketones (excluding diaryl/α,β-unsaturated/α-hetero) is 1. The van der Waals surface area contributed by atoms with Crippen molar-refractivity contribution in [1.82, 2.24) is 0 Å². The second kappa shape index (κ2) is 3.46. The van der Waals surface area contributed by atoms with Gasteiger partial charge in [-0.25, -0.2) is 8.42 Å². The molecule has 0 bridgehead atoms. The van der Waals surface area contributed by atoms with Crippen LogP contribution in [0, 0.1) is 5.41 Å². The van der Waals surface area contributed by atoms with E-state index in [0.29, 0.717) is 0 Å². The van der Waals surface area contributed by atoms with E-state index >= 15 is 0 Å². The SMILES string of the molecule is CC(C)(C)C(=O)[C@H](Br)S(C)(=O)=O. The van der Waals surface area contributed by atoms with Crippen LogP contribution >= 0.6 is 15.9 Å². The average Bonchev–Trinajstić information content (AvgIpc) is 1.80. The van der Waals surface area contributed by atoms with Crippen molar-refractivity contribution < 1.29 is 13.2 Å². The van der Waals surface area contributed by atoms with E-state index in [1.54, 1.807) is 20.8 Å². The van der Waals surface area contributed by atoms with Crippen molar-refractivity contribution in [3.05, 3.63) is 0 Å². The van der Waals surface area contributed by atoms with Gasteiger partial charge in [0.1, 0.15) is 0 Å². The van der Waals surface area contributed by atoms with Gasteiger partial charge in [0.2, 0.25) is 0 Å². The molecule has 0 aromatic carbocycles. The molecule has 72 valence electrons. The monoisotopic (exact) mass is 256 g/mol. The number of ketones is 1. The van der Waals surface area contributed by atoms with E-state index in [0.717, 1.165) is 6.26 Å². The highest BCUT2D eigenvalue weighted by Crippen LogP contribution is 2.23. The molecule has 0 aliphatic heterocycles. The molecule has 0 saturated heterocycles. The molecular formula is C7H13BrO3S. The van der Waals surface area contributed by atoms with E-state index in [9.17, 15) is 13.2 Å². The zero-order valence-corrected chi connectivity index (χ0v) is 9.99. The minimum atomic E-state index is -3.32. The van der Waals surface area contributed by atoms with Crippen LogP contribution in [0.4, 0.5) is 0 Å². The standard InChI is InChI=1S/C7H13BrO3S/c1-7(2,3)5(9)6(8)12(4,10)11/h6H,1-4H3/t6-/m1/s1. The third-order valence-electron chi connectivity index (χ3n) is 1.32. The van der Waals surface area contributed by atoms with Gasteiger partial charge in [-0.05, 0) is 0 Å². The maximum absolute atomic E-state index is 11.4. The largest absolute Gasteiger partial charge is 0.297 e. The fraction of sp³-hybridized carbons (Fsp3) is 0.857. The molecule has 0 aliphatic carbocycles. The Balaban J connectivity index is 4.77. The third kappa shape index (κ3) is 3.23. The van der Waals surface area contributed by atoms with Crippen molar-refractivity contribution in [2.24, 2.45) is 5.41 Å². The van der Waals surface area contributed by atoms with E-state index < -0.39 is 19.4 Å². The summed E-state index contributed by atoms with van der Waals surface area (Å²) in [4.78, 5) is 11.4. The van der Waals surface area contributed by atoms with Gasteiger partial charge in [-0.1, -0.05) is 36.7 Å². The Morgan fingerprint density at radius 3 is 1.75 bits per heavy atom. The molecule has 0 rings (SSSR count). The van der Waals surface area contributed by atoms with Crippen molar-refractivity contribution in [2.75, 3.05) is 6.26 Å². The van der Waals surface area contributed by atoms with Crippen molar-refractivity contribution >= 4 is 31.6 Å². The van der Waals surface area contributed by atoms with Gasteiger partial charge in [0.05, 0.1) is 0 Å². The first-order valence-electron chi connectivity index (χ1n) is 3.44. The van der Waals surface area contributed by atoms with Gasteiger partial charge in [0.15, 0.2) is 19.8 Å². The number of hydrogen-bond acceptors (Lipinski definition) is 3. The van der Waals surface area contributed by atoms with Gasteiger partial charge >= 0.3 is 0 Å². The van der Waals surface area contributed by atoms with Crippen LogP contribution in [0.5, 0.6) is 0 Å². The lowest BCUT2D eigenvalue weighted by atomic mass is 9.92. The molecule has 0 amide bonds. The summed E-state index contributed by atoms with van der Waals surface area (Å²) in [5.74, 6) is -0.315. The minimum absolute atomic E-state index is 0.315. The van der Waals surface area contributed by atoms with Crippen LogP contribution < -0.4 is 0 Å². The molecule has 0 spiro atoms. The normalized spacial score (nSPS) is 15.8. The van der Waals surface area contributed by atoms with Crippen molar-refractivity contribution in [1.29, 1.82) is 0 Å². The number of carbonyl (C=O) groups is 1. The first-order valence-corrected chi connectivity index (χ1v) is 6.31. The summed E-state index contributed by atoms with van der Waals surface area (Å²) in [6, 6.07) is 0. The Kier molecular flexibility index (Phi) is 3.49. The lowest BCUT2D eigenvalue weighted by molar-refractivity contribution is -0.124. The Morgan fingerprint density at radius 1 is 1.33 bits per heavy atom. The molecule has 12 heavy (non-hydrogen) atoms. The molecule has 0 fully saturated rings. The molecule has 3 nitrogen and oxygen atoms in total. The molecule has 0 radical (unpaired) electrons. The summed E-state index contributed by atoms with van der Waals surface area (Å²) in [6.07, 6.45) is 1.04. The first-order chi connectivity index (χ1) is 5.07. The molecule has 0 unspecified atom stereocenters. The predicted octanol–water partition coefficient (Wildman–Crippen LogP) is 1.37. The summed E-state index contributed by atoms with van der Waals surface area (Å²) in [5.41, 5.74) is -0.628. The van der Waals surface area contributed by atoms with Gasteiger partial charge in [-0.2, -0.15) is 0 Å². The quantitative estimate of drug-likeness (QED) is 0.702. The van der Waals surface area contributed by atoms with E-state index in [-0.39, 0.29) is 5.78 Å². The fourth-order valence-corrected chi connectivity index (χ4v) is 1.96. The average molecular weight is 257 g/mol. The number of carbonyl (C=O) groups excluding carboxylic acids is 1. The number of halogens is 1. The lowest BCUT2D eigenvalue weighted by Crippen LogP contribution is -2.33. The third-order valence-corrected chi connectivity index (χ3v) is 4.74. The van der Waals surface area contributed by atoms with Gasteiger partial charge in [0.25, 0.3) is 0 Å². The lowest BCUT2D eigenvalue weighted by Gasteiger charge is -2.19. The minimum Gasteiger partial charge on any atom is -0.297 e. The highest BCUT2D eigenvalue weighted by atomic mass is 79.9. The van der Waals surface area contributed by atoms with Crippen molar-refractivity contribution in [2.45, 2.75) is 24.9 Å². The Labute approximate surface area is 81.6 Å². The van der Waals surface area contributed by atoms with Crippen molar-refractivity contribution in [3.63, 3.8) is 0 Å². The summed E-state index contributed by atoms with van der Waals surface area (Å²) in [5, 5.41) is 0. The molecule has 1 atom stereocenters. The number of hydrogen-bond donors (Lipinski definition) is 0. The number of rotatable bonds is 2. The van der Waals surface area contributed by atoms with E-state index in [1.807, 2.05) is 0 Å². The Bertz CT molecular complexity index is 274. The van der Waals surface area contributed by atoms with Crippen LogP contribution in [0.2, 0.25) is 0 Å². The molecule has 0 aromatic rings. The fourth-order valence-electron chi connectivity index (χ4n) is 0.535. The van der Waals surface area contributed by atoms with Gasteiger partial charge in [0, 0.05) is 11.7 Å². The van der Waals surface area contributed by atoms with Crippen LogP contribution in [0.15, 0.2) is 0 Å². The highest BCUT2D eigenvalue weighted by molar-refractivity contribution is 9.11. The Hall–Kier alpha value is 0.1000. The molecule has 5 heteroatoms. The smallest absolute Gasteiger partial charge is 0.174 e. The van der Waals surface area contributed by atoms with Crippen LogP contribution in [-0.4, -0.2) is 24.6 Å². The van der Waals surface area contributed by atoms with Crippen LogP contribution in [-0.2, 0) is 14.6 Å². The maximum atomic E-state index is 11.4. The van der Waals surface area contributed by atoms with Crippen LogP contribution in [0.3, 0.4) is 0 Å². The zero-order valence-electron chi connectivity index (χ0n) is 7.59. The topological polar surface area (TPSA) is 51.2 Å². The Morgan fingerprint density at radius 2 is 1.67 bits per heavy atom. The number of sulfone groups is 1. The first kappa shape index (κ1) is 12.1. The summed E-state index contributed by atoms with van der Waals surface area (Å²) in [7, 11) is -3.32. The molecule has 0 aromatic heterocycles. The second-order valence-corrected chi connectivity index (χ2v) is 7.41. The predicted molar refractivity (Wildman–Crippen MR) is 52.0 cm³/mol. The molecular weight excluding hydrogens is 244 g/mol. The molecule has 0 heterocycles. The van der Waals surface area contributed by atoms with E-state index in [4.69, 9.17) is 0 Å². The van der Waals surface area contributed by atoms with Crippen LogP contribution in [0.1, 0.15) is 20.8 Å². The van der Waals surface area contributed by atoms with Gasteiger partial charge in [-0.15, -0.1) is 0 Å². The maximum Gasteiger partial charge on any atom is 0.174 e. The summed E-state index contributed by atoms with van der Waals surface area (Å²) < 4.78 is 20.8. The number of alkyl halides is 1. The van der Waals surface area contributed by atoms with E-state index in [1.165, 1.54) is 0 Å². The molecule has 0 aliphatic rings. The second-order valence-electron chi connectivity index (χ2n) is 3.76. The highest BCUT2D eigenvalue weighted by Gasteiger charge is 2.33. The molecule has 0 N–H and O–H groups in total. The zero-order chi connectivity index (χ0) is 10.2.